The van der Waals surface area contributed by atoms with Gasteiger partial charge in [0, 0.05) is 25.7 Å². The zero-order chi connectivity index (χ0) is 11.0. The van der Waals surface area contributed by atoms with Gasteiger partial charge in [-0.3, -0.25) is 0 Å². The Balaban J connectivity index is 4.52. The molecule has 0 unspecified atom stereocenters. The summed E-state index contributed by atoms with van der Waals surface area (Å²) in [4.78, 5) is 8.48. The number of nitrogens with one attached hydrogen (secondary N) is 3. The number of hydroxylamine groups is 1. The molecule has 14 heavy (non-hydrogen) atoms. The Morgan fingerprint density at radius 1 is 1.50 bits per heavy atom. The lowest BCUT2D eigenvalue weighted by Gasteiger charge is -2.05. The molecule has 0 amide bonds. The molecule has 0 fully saturated rings. The second-order valence-electron chi connectivity index (χ2n) is 2.42. The number of hydrogen-bond donors (Lipinski definition) is 3. The topological polar surface area (TPSA) is 69.5 Å². The highest BCUT2D eigenvalue weighted by Crippen LogP contribution is 2.03. The number of hydrogen-bond acceptors (Lipinski definition) is 5. The predicted molar refractivity (Wildman–Crippen MR) is 58.3 cm³/mol. The Morgan fingerprint density at radius 2 is 2.14 bits per heavy atom. The largest absolute Gasteiger partial charge is 0.417 e. The molecule has 0 heterocycles. The molecule has 5 nitrogen and oxygen atoms in total. The van der Waals surface area contributed by atoms with Gasteiger partial charge in [0.25, 0.3) is 0 Å². The molecule has 0 aromatic rings. The van der Waals surface area contributed by atoms with Crippen LogP contribution in [0.3, 0.4) is 0 Å². The van der Waals surface area contributed by atoms with E-state index in [2.05, 4.69) is 22.5 Å². The van der Waals surface area contributed by atoms with Crippen molar-refractivity contribution < 1.29 is 4.84 Å². The summed E-state index contributed by atoms with van der Waals surface area (Å²) in [5, 5.41) is 10.5. The third kappa shape index (κ3) is 3.86. The van der Waals surface area contributed by atoms with Crippen LogP contribution in [-0.2, 0) is 4.84 Å². The monoisotopic (exact) mass is 196 g/mol. The lowest BCUT2D eigenvalue weighted by molar-refractivity contribution is 0.159. The highest BCUT2D eigenvalue weighted by atomic mass is 16.6. The van der Waals surface area contributed by atoms with Gasteiger partial charge in [-0.05, 0) is 13.6 Å². The van der Waals surface area contributed by atoms with E-state index in [0.717, 1.165) is 0 Å². The highest BCUT2D eigenvalue weighted by molar-refractivity contribution is 6.06. The molecule has 0 rings (SSSR count). The normalized spacial score (nSPS) is 12.2. The van der Waals surface area contributed by atoms with Gasteiger partial charge in [0.2, 0.25) is 0 Å². The fourth-order valence-electron chi connectivity index (χ4n) is 0.808. The van der Waals surface area contributed by atoms with Crippen molar-refractivity contribution in [2.45, 2.75) is 6.92 Å². The van der Waals surface area contributed by atoms with E-state index in [1.54, 1.807) is 21.0 Å². The van der Waals surface area contributed by atoms with E-state index in [1.165, 1.54) is 12.3 Å². The van der Waals surface area contributed by atoms with E-state index < -0.39 is 0 Å². The van der Waals surface area contributed by atoms with Gasteiger partial charge in [0.05, 0.1) is 5.71 Å². The van der Waals surface area contributed by atoms with Crippen molar-refractivity contribution >= 4 is 12.4 Å². The molecule has 0 aromatic heterocycles. The lowest BCUT2D eigenvalue weighted by atomic mass is 10.2. The molecular weight excluding hydrogens is 180 g/mol. The molecule has 0 aliphatic heterocycles. The van der Waals surface area contributed by atoms with Crippen LogP contribution in [0.1, 0.15) is 6.92 Å². The van der Waals surface area contributed by atoms with Gasteiger partial charge in [0.15, 0.2) is 0 Å². The second kappa shape index (κ2) is 6.85. The predicted octanol–water partition coefficient (Wildman–Crippen LogP) is 0.822. The van der Waals surface area contributed by atoms with Crippen molar-refractivity contribution in [3.63, 3.8) is 0 Å². The van der Waals surface area contributed by atoms with Gasteiger partial charge in [0.1, 0.15) is 12.1 Å². The molecule has 0 saturated carbocycles. The van der Waals surface area contributed by atoms with E-state index >= 15 is 0 Å². The molecule has 5 heteroatoms. The fraction of sp³-hybridized carbons (Fsp3) is 0.333. The van der Waals surface area contributed by atoms with Crippen molar-refractivity contribution in [3.05, 3.63) is 23.7 Å². The third-order valence-electron chi connectivity index (χ3n) is 1.57. The number of allylic oxidation sites excluding steroid dienone is 2. The Labute approximate surface area is 84.0 Å². The Bertz CT molecular complexity index is 268. The zero-order valence-electron chi connectivity index (χ0n) is 8.72. The van der Waals surface area contributed by atoms with Crippen LogP contribution in [0.4, 0.5) is 0 Å². The number of rotatable bonds is 6. The minimum Gasteiger partial charge on any atom is -0.417 e. The minimum absolute atomic E-state index is 0.317. The summed E-state index contributed by atoms with van der Waals surface area (Å²) in [5.41, 5.74) is 3.49. The van der Waals surface area contributed by atoms with Gasteiger partial charge < -0.3 is 15.6 Å². The van der Waals surface area contributed by atoms with Crippen LogP contribution in [-0.4, -0.2) is 26.5 Å². The standard InChI is InChI=1S/C9H16N4O/c1-7(9(11-2)12-3)8(10)5-6-14-13-4/h5-6,10,12-13H,2H2,1,3-4H3/b6-5+,9-7+,10-8?. The van der Waals surface area contributed by atoms with E-state index in [-0.39, 0.29) is 0 Å². The summed E-state index contributed by atoms with van der Waals surface area (Å²) in [6, 6.07) is 0. The van der Waals surface area contributed by atoms with Gasteiger partial charge in [-0.2, -0.15) is 5.48 Å². The Hall–Kier alpha value is -1.62. The molecule has 0 radical (unpaired) electrons. The fourth-order valence-corrected chi connectivity index (χ4v) is 0.808. The average molecular weight is 196 g/mol. The van der Waals surface area contributed by atoms with Crippen LogP contribution in [0.2, 0.25) is 0 Å². The number of aliphatic imine (C=N–C) groups is 1. The van der Waals surface area contributed by atoms with Crippen LogP contribution in [0, 0.1) is 5.41 Å². The van der Waals surface area contributed by atoms with Crippen LogP contribution in [0.5, 0.6) is 0 Å². The van der Waals surface area contributed by atoms with Crippen LogP contribution < -0.4 is 10.8 Å². The van der Waals surface area contributed by atoms with E-state index in [4.69, 9.17) is 10.2 Å². The Kier molecular flexibility index (Phi) is 6.06. The van der Waals surface area contributed by atoms with E-state index in [1.807, 2.05) is 0 Å². The van der Waals surface area contributed by atoms with Crippen LogP contribution in [0.25, 0.3) is 0 Å². The summed E-state index contributed by atoms with van der Waals surface area (Å²) in [7, 11) is 3.37. The molecular formula is C9H16N4O. The third-order valence-corrected chi connectivity index (χ3v) is 1.57. The lowest BCUT2D eigenvalue weighted by Crippen LogP contribution is -2.10. The van der Waals surface area contributed by atoms with Crippen molar-refractivity contribution in [1.82, 2.24) is 10.8 Å². The van der Waals surface area contributed by atoms with Crippen molar-refractivity contribution in [2.75, 3.05) is 14.1 Å². The van der Waals surface area contributed by atoms with Crippen molar-refractivity contribution in [2.24, 2.45) is 4.99 Å². The highest BCUT2D eigenvalue weighted by Gasteiger charge is 2.01. The van der Waals surface area contributed by atoms with Gasteiger partial charge in [-0.15, -0.1) is 0 Å². The first-order valence-corrected chi connectivity index (χ1v) is 4.10. The van der Waals surface area contributed by atoms with E-state index in [9.17, 15) is 0 Å². The second-order valence-corrected chi connectivity index (χ2v) is 2.42. The quantitative estimate of drug-likeness (QED) is 0.335. The number of nitrogens with zero attached hydrogens (tertiary/aromatic N) is 1. The first kappa shape index (κ1) is 12.4. The average Bonchev–Trinajstić information content (AvgIpc) is 2.19. The summed E-state index contributed by atoms with van der Waals surface area (Å²) in [6.07, 6.45) is 2.91. The van der Waals surface area contributed by atoms with Crippen LogP contribution in [0.15, 0.2) is 28.7 Å². The molecule has 0 bridgehead atoms. The molecule has 0 aliphatic rings. The molecule has 0 aliphatic carbocycles. The summed E-state index contributed by atoms with van der Waals surface area (Å²) in [6.45, 7) is 5.18. The van der Waals surface area contributed by atoms with Crippen LogP contribution >= 0.6 is 0 Å². The molecule has 0 atom stereocenters. The molecule has 3 N–H and O–H groups in total. The van der Waals surface area contributed by atoms with Gasteiger partial charge >= 0.3 is 0 Å². The summed E-state index contributed by atoms with van der Waals surface area (Å²) in [5.74, 6) is 0.587. The summed E-state index contributed by atoms with van der Waals surface area (Å²) >= 11 is 0. The smallest absolute Gasteiger partial charge is 0.129 e. The molecule has 0 saturated heterocycles. The van der Waals surface area contributed by atoms with Crippen molar-refractivity contribution in [1.29, 1.82) is 5.41 Å². The maximum Gasteiger partial charge on any atom is 0.129 e. The molecule has 78 valence electrons. The van der Waals surface area contributed by atoms with Crippen molar-refractivity contribution in [3.8, 4) is 0 Å². The zero-order valence-corrected chi connectivity index (χ0v) is 8.72. The maximum atomic E-state index is 7.63. The molecule has 0 spiro atoms. The Morgan fingerprint density at radius 3 is 2.57 bits per heavy atom. The van der Waals surface area contributed by atoms with Gasteiger partial charge in [-0.25, -0.2) is 4.99 Å². The maximum absolute atomic E-state index is 7.63. The van der Waals surface area contributed by atoms with Gasteiger partial charge in [-0.1, -0.05) is 0 Å². The first-order chi connectivity index (χ1) is 6.67. The van der Waals surface area contributed by atoms with E-state index in [0.29, 0.717) is 17.1 Å². The SMILES string of the molecule is C=N/C(NC)=C(/C)C(=N)/C=C/ONC. The summed E-state index contributed by atoms with van der Waals surface area (Å²) < 4.78 is 0. The minimum atomic E-state index is 0.317. The molecule has 0 aromatic carbocycles. The first-order valence-electron chi connectivity index (χ1n) is 4.10.